The van der Waals surface area contributed by atoms with E-state index in [2.05, 4.69) is 19.2 Å². The molecule has 1 amide bonds. The van der Waals surface area contributed by atoms with Crippen LogP contribution in [0.1, 0.15) is 47.5 Å². The molecule has 1 fully saturated rings. The van der Waals surface area contributed by atoms with Crippen LogP contribution in [0.15, 0.2) is 0 Å². The number of carbonyl (C=O) groups excluding carboxylic acids is 1. The second kappa shape index (κ2) is 5.71. The van der Waals surface area contributed by atoms with Crippen LogP contribution in [-0.4, -0.2) is 41.8 Å². The maximum atomic E-state index is 12.0. The van der Waals surface area contributed by atoms with Gasteiger partial charge in [-0.25, -0.2) is 4.79 Å². The summed E-state index contributed by atoms with van der Waals surface area (Å²) in [5.41, 5.74) is -0.412. The van der Waals surface area contributed by atoms with Gasteiger partial charge in [0.15, 0.2) is 0 Å². The van der Waals surface area contributed by atoms with Crippen molar-refractivity contribution < 1.29 is 9.53 Å². The van der Waals surface area contributed by atoms with Crippen molar-refractivity contribution in [2.24, 2.45) is 0 Å². The molecule has 0 radical (unpaired) electrons. The highest BCUT2D eigenvalue weighted by molar-refractivity contribution is 5.68. The van der Waals surface area contributed by atoms with E-state index in [1.165, 1.54) is 0 Å². The van der Waals surface area contributed by atoms with Crippen molar-refractivity contribution in [1.29, 1.82) is 0 Å². The van der Waals surface area contributed by atoms with Crippen molar-refractivity contribution in [3.05, 3.63) is 0 Å². The molecule has 1 N–H and O–H groups in total. The molecule has 0 spiro atoms. The molecule has 2 atom stereocenters. The zero-order chi connectivity index (χ0) is 13.1. The van der Waals surface area contributed by atoms with Gasteiger partial charge in [0, 0.05) is 25.2 Å². The Morgan fingerprint density at radius 1 is 1.47 bits per heavy atom. The van der Waals surface area contributed by atoms with E-state index in [1.807, 2.05) is 25.7 Å². The van der Waals surface area contributed by atoms with Gasteiger partial charge in [-0.15, -0.1) is 0 Å². The molecule has 0 aromatic carbocycles. The predicted octanol–water partition coefficient (Wildman–Crippen LogP) is 2.38. The minimum absolute atomic E-state index is 0.192. The fourth-order valence-electron chi connectivity index (χ4n) is 2.09. The molecule has 1 aliphatic heterocycles. The normalized spacial score (nSPS) is 26.5. The lowest BCUT2D eigenvalue weighted by Crippen LogP contribution is -2.42. The molecule has 1 rings (SSSR count). The molecule has 0 saturated carbocycles. The van der Waals surface area contributed by atoms with Crippen LogP contribution >= 0.6 is 0 Å². The molecule has 0 aromatic rings. The van der Waals surface area contributed by atoms with Crippen LogP contribution in [0.3, 0.4) is 0 Å². The summed E-state index contributed by atoms with van der Waals surface area (Å²) < 4.78 is 5.41. The van der Waals surface area contributed by atoms with Gasteiger partial charge in [0.25, 0.3) is 0 Å². The summed E-state index contributed by atoms with van der Waals surface area (Å²) in [5, 5.41) is 3.53. The first kappa shape index (κ1) is 14.3. The Morgan fingerprint density at radius 2 is 2.12 bits per heavy atom. The molecule has 100 valence electrons. The summed E-state index contributed by atoms with van der Waals surface area (Å²) in [5.74, 6) is 0. The Morgan fingerprint density at radius 3 is 2.65 bits per heavy atom. The SMILES string of the molecule is CCC1CCN(C(=O)OC(C)(C)C)CC(C)N1. The van der Waals surface area contributed by atoms with Gasteiger partial charge in [-0.2, -0.15) is 0 Å². The Bertz CT molecular complexity index is 261. The number of nitrogens with zero attached hydrogens (tertiary/aromatic N) is 1. The molecule has 1 saturated heterocycles. The smallest absolute Gasteiger partial charge is 0.410 e. The topological polar surface area (TPSA) is 41.6 Å². The van der Waals surface area contributed by atoms with Crippen LogP contribution in [-0.2, 0) is 4.74 Å². The van der Waals surface area contributed by atoms with Crippen molar-refractivity contribution >= 4 is 6.09 Å². The van der Waals surface area contributed by atoms with E-state index >= 15 is 0 Å². The van der Waals surface area contributed by atoms with E-state index in [4.69, 9.17) is 4.74 Å². The monoisotopic (exact) mass is 242 g/mol. The molecular weight excluding hydrogens is 216 g/mol. The minimum Gasteiger partial charge on any atom is -0.444 e. The highest BCUT2D eigenvalue weighted by atomic mass is 16.6. The van der Waals surface area contributed by atoms with Gasteiger partial charge in [-0.3, -0.25) is 0 Å². The lowest BCUT2D eigenvalue weighted by molar-refractivity contribution is 0.0249. The van der Waals surface area contributed by atoms with Crippen LogP contribution < -0.4 is 5.32 Å². The summed E-state index contributed by atoms with van der Waals surface area (Å²) in [6.07, 6.45) is 1.91. The lowest BCUT2D eigenvalue weighted by Gasteiger charge is -2.27. The van der Waals surface area contributed by atoms with Gasteiger partial charge in [0.2, 0.25) is 0 Å². The van der Waals surface area contributed by atoms with E-state index < -0.39 is 5.60 Å². The first-order chi connectivity index (χ1) is 7.81. The van der Waals surface area contributed by atoms with Crippen LogP contribution in [0, 0.1) is 0 Å². The second-order valence-corrected chi connectivity index (χ2v) is 5.89. The second-order valence-electron chi connectivity index (χ2n) is 5.89. The average molecular weight is 242 g/mol. The zero-order valence-electron chi connectivity index (χ0n) is 11.7. The van der Waals surface area contributed by atoms with E-state index in [9.17, 15) is 4.79 Å². The van der Waals surface area contributed by atoms with Crippen LogP contribution in [0.25, 0.3) is 0 Å². The fraction of sp³-hybridized carbons (Fsp3) is 0.923. The van der Waals surface area contributed by atoms with Gasteiger partial charge >= 0.3 is 6.09 Å². The van der Waals surface area contributed by atoms with Gasteiger partial charge in [0.05, 0.1) is 0 Å². The van der Waals surface area contributed by atoms with Crippen molar-refractivity contribution in [2.75, 3.05) is 13.1 Å². The van der Waals surface area contributed by atoms with Crippen molar-refractivity contribution in [3.8, 4) is 0 Å². The summed E-state index contributed by atoms with van der Waals surface area (Å²) in [4.78, 5) is 13.8. The molecule has 4 nitrogen and oxygen atoms in total. The van der Waals surface area contributed by atoms with Crippen molar-refractivity contribution in [2.45, 2.75) is 65.1 Å². The fourth-order valence-corrected chi connectivity index (χ4v) is 2.09. The Labute approximate surface area is 105 Å². The summed E-state index contributed by atoms with van der Waals surface area (Å²) in [6.45, 7) is 11.5. The highest BCUT2D eigenvalue weighted by Crippen LogP contribution is 2.13. The van der Waals surface area contributed by atoms with E-state index in [0.717, 1.165) is 25.9 Å². The molecular formula is C13H26N2O2. The minimum atomic E-state index is -0.412. The third-order valence-electron chi connectivity index (χ3n) is 2.91. The highest BCUT2D eigenvalue weighted by Gasteiger charge is 2.26. The van der Waals surface area contributed by atoms with E-state index in [1.54, 1.807) is 0 Å². The lowest BCUT2D eigenvalue weighted by atomic mass is 10.1. The first-order valence-corrected chi connectivity index (χ1v) is 6.55. The number of ether oxygens (including phenoxy) is 1. The molecule has 0 aliphatic carbocycles. The molecule has 1 heterocycles. The molecule has 0 aromatic heterocycles. The van der Waals surface area contributed by atoms with E-state index in [-0.39, 0.29) is 6.09 Å². The number of amides is 1. The van der Waals surface area contributed by atoms with Gasteiger partial charge in [-0.05, 0) is 40.5 Å². The van der Waals surface area contributed by atoms with Crippen LogP contribution in [0.2, 0.25) is 0 Å². The molecule has 1 aliphatic rings. The maximum absolute atomic E-state index is 12.0. The van der Waals surface area contributed by atoms with Gasteiger partial charge in [0.1, 0.15) is 5.60 Å². The summed E-state index contributed by atoms with van der Waals surface area (Å²) in [7, 11) is 0. The quantitative estimate of drug-likeness (QED) is 0.767. The molecule has 4 heteroatoms. The van der Waals surface area contributed by atoms with Crippen molar-refractivity contribution in [1.82, 2.24) is 10.2 Å². The number of rotatable bonds is 1. The number of nitrogens with one attached hydrogen (secondary N) is 1. The van der Waals surface area contributed by atoms with Crippen molar-refractivity contribution in [3.63, 3.8) is 0 Å². The Kier molecular flexibility index (Phi) is 4.80. The largest absolute Gasteiger partial charge is 0.444 e. The molecule has 17 heavy (non-hydrogen) atoms. The molecule has 0 bridgehead atoms. The van der Waals surface area contributed by atoms with Gasteiger partial charge in [-0.1, -0.05) is 6.92 Å². The maximum Gasteiger partial charge on any atom is 0.410 e. The average Bonchev–Trinajstić information content (AvgIpc) is 2.37. The van der Waals surface area contributed by atoms with Crippen LogP contribution in [0.4, 0.5) is 4.79 Å². The predicted molar refractivity (Wildman–Crippen MR) is 69.1 cm³/mol. The third kappa shape index (κ3) is 4.94. The van der Waals surface area contributed by atoms with Gasteiger partial charge < -0.3 is 15.0 Å². The Balaban J connectivity index is 2.56. The number of carbonyl (C=O) groups is 1. The summed E-state index contributed by atoms with van der Waals surface area (Å²) in [6, 6.07) is 0.840. The van der Waals surface area contributed by atoms with E-state index in [0.29, 0.717) is 12.1 Å². The molecule has 2 unspecified atom stereocenters. The zero-order valence-corrected chi connectivity index (χ0v) is 11.7. The standard InChI is InChI=1S/C13H26N2O2/c1-6-11-7-8-15(9-10(2)14-11)12(16)17-13(3,4)5/h10-11,14H,6-9H2,1-5H3. The van der Waals surface area contributed by atoms with Crippen LogP contribution in [0.5, 0.6) is 0 Å². The Hall–Kier alpha value is -0.770. The summed E-state index contributed by atoms with van der Waals surface area (Å²) >= 11 is 0. The number of hydrogen-bond donors (Lipinski definition) is 1. The number of hydrogen-bond acceptors (Lipinski definition) is 3. The third-order valence-corrected chi connectivity index (χ3v) is 2.91. The first-order valence-electron chi connectivity index (χ1n) is 6.55.